The third kappa shape index (κ3) is 12.4. The van der Waals surface area contributed by atoms with Crippen LogP contribution in [-0.4, -0.2) is 59.1 Å². The van der Waals surface area contributed by atoms with E-state index in [1.807, 2.05) is 95.3 Å². The van der Waals surface area contributed by atoms with Crippen molar-refractivity contribution in [3.63, 3.8) is 0 Å². The third-order valence-corrected chi connectivity index (χ3v) is 6.06. The van der Waals surface area contributed by atoms with Crippen molar-refractivity contribution in [1.29, 1.82) is 0 Å². The van der Waals surface area contributed by atoms with E-state index < -0.39 is 41.5 Å². The summed E-state index contributed by atoms with van der Waals surface area (Å²) >= 11 is 0. The standard InChI is InChI=1S/C31H43N3O6/c1-21(2)18-25(30(38)39)33-29(37)26(20-40-31(3,4)5)34-28(36)24(19-23-14-10-7-11-15-23)32-27(35)17-16-22-12-8-6-9-13-22/h6-15,21,24-26H,16-20H2,1-5H3,(H,32,35)(H,33,37)(H,34,36)(H,38,39)/t24-,25-,26-/m0/s1. The lowest BCUT2D eigenvalue weighted by atomic mass is 10.0. The van der Waals surface area contributed by atoms with Crippen LogP contribution in [0.5, 0.6) is 0 Å². The number of rotatable bonds is 15. The van der Waals surface area contributed by atoms with Gasteiger partial charge in [-0.05, 0) is 50.7 Å². The number of benzene rings is 2. The summed E-state index contributed by atoms with van der Waals surface area (Å²) in [5.74, 6) is -2.65. The summed E-state index contributed by atoms with van der Waals surface area (Å²) in [5, 5.41) is 17.7. The highest BCUT2D eigenvalue weighted by Gasteiger charge is 2.31. The highest BCUT2D eigenvalue weighted by Crippen LogP contribution is 2.11. The average Bonchev–Trinajstić information content (AvgIpc) is 2.89. The molecule has 0 aromatic heterocycles. The van der Waals surface area contributed by atoms with Gasteiger partial charge in [-0.1, -0.05) is 74.5 Å². The van der Waals surface area contributed by atoms with Crippen LogP contribution >= 0.6 is 0 Å². The second-order valence-electron chi connectivity index (χ2n) is 11.3. The number of aliphatic carboxylic acids is 1. The van der Waals surface area contributed by atoms with Crippen LogP contribution in [-0.2, 0) is 36.8 Å². The second-order valence-corrected chi connectivity index (χ2v) is 11.3. The molecule has 0 aliphatic heterocycles. The van der Waals surface area contributed by atoms with Crippen molar-refractivity contribution in [2.24, 2.45) is 5.92 Å². The smallest absolute Gasteiger partial charge is 0.326 e. The maximum atomic E-state index is 13.5. The molecule has 9 nitrogen and oxygen atoms in total. The van der Waals surface area contributed by atoms with Crippen LogP contribution < -0.4 is 16.0 Å². The van der Waals surface area contributed by atoms with Crippen molar-refractivity contribution in [3.8, 4) is 0 Å². The minimum atomic E-state index is -1.17. The first-order valence-corrected chi connectivity index (χ1v) is 13.7. The first-order valence-electron chi connectivity index (χ1n) is 13.7. The van der Waals surface area contributed by atoms with Crippen molar-refractivity contribution < 1.29 is 29.0 Å². The largest absolute Gasteiger partial charge is 0.480 e. The van der Waals surface area contributed by atoms with Crippen LogP contribution in [0.15, 0.2) is 60.7 Å². The van der Waals surface area contributed by atoms with Gasteiger partial charge in [0, 0.05) is 12.8 Å². The Hall–Kier alpha value is -3.72. The molecule has 9 heteroatoms. The Morgan fingerprint density at radius 1 is 0.775 bits per heavy atom. The number of nitrogens with one attached hydrogen (secondary N) is 3. The highest BCUT2D eigenvalue weighted by molar-refractivity contribution is 5.93. The molecule has 218 valence electrons. The lowest BCUT2D eigenvalue weighted by molar-refractivity contribution is -0.143. The Balaban J connectivity index is 2.20. The average molecular weight is 554 g/mol. The number of carboxylic acids is 1. The van der Waals surface area contributed by atoms with Crippen LogP contribution in [0.4, 0.5) is 0 Å². The molecule has 3 atom stereocenters. The number of amides is 3. The van der Waals surface area contributed by atoms with E-state index in [2.05, 4.69) is 16.0 Å². The van der Waals surface area contributed by atoms with E-state index in [4.69, 9.17) is 4.74 Å². The molecule has 0 aliphatic carbocycles. The maximum Gasteiger partial charge on any atom is 0.326 e. The number of ether oxygens (including phenoxy) is 1. The highest BCUT2D eigenvalue weighted by atomic mass is 16.5. The van der Waals surface area contributed by atoms with E-state index >= 15 is 0 Å². The number of carboxylic acid groups (broad SMARTS) is 1. The molecule has 4 N–H and O–H groups in total. The van der Waals surface area contributed by atoms with E-state index in [1.165, 1.54) is 0 Å². The van der Waals surface area contributed by atoms with Gasteiger partial charge in [-0.2, -0.15) is 0 Å². The molecule has 0 heterocycles. The van der Waals surface area contributed by atoms with Crippen molar-refractivity contribution >= 4 is 23.7 Å². The molecule has 0 unspecified atom stereocenters. The molecule has 2 aromatic carbocycles. The van der Waals surface area contributed by atoms with Crippen LogP contribution in [0, 0.1) is 5.92 Å². The molecule has 40 heavy (non-hydrogen) atoms. The molecule has 0 radical (unpaired) electrons. The predicted molar refractivity (Wildman–Crippen MR) is 153 cm³/mol. The summed E-state index contributed by atoms with van der Waals surface area (Å²) in [6.45, 7) is 8.99. The lowest BCUT2D eigenvalue weighted by Crippen LogP contribution is -2.58. The van der Waals surface area contributed by atoms with Crippen LogP contribution in [0.2, 0.25) is 0 Å². The summed E-state index contributed by atoms with van der Waals surface area (Å²) in [6, 6.07) is 15.6. The SMILES string of the molecule is CC(C)C[C@H](NC(=O)[C@H](COC(C)(C)C)NC(=O)[C@H](Cc1ccccc1)NC(=O)CCc1ccccc1)C(=O)O. The van der Waals surface area contributed by atoms with Crippen LogP contribution in [0.3, 0.4) is 0 Å². The van der Waals surface area contributed by atoms with Crippen LogP contribution in [0.1, 0.15) is 58.6 Å². The summed E-state index contributed by atoms with van der Waals surface area (Å²) in [5.41, 5.74) is 1.23. The normalized spacial score (nSPS) is 13.7. The van der Waals surface area contributed by atoms with Gasteiger partial charge >= 0.3 is 5.97 Å². The molecule has 0 saturated carbocycles. The van der Waals surface area contributed by atoms with Crippen LogP contribution in [0.25, 0.3) is 0 Å². The second kappa shape index (κ2) is 15.8. The summed E-state index contributed by atoms with van der Waals surface area (Å²) in [7, 11) is 0. The number of carbonyl (C=O) groups excluding carboxylic acids is 3. The van der Waals surface area contributed by atoms with E-state index in [1.54, 1.807) is 0 Å². The third-order valence-electron chi connectivity index (χ3n) is 6.06. The monoisotopic (exact) mass is 553 g/mol. The number of aryl methyl sites for hydroxylation is 1. The summed E-state index contributed by atoms with van der Waals surface area (Å²) in [6.07, 6.45) is 1.15. The molecule has 0 saturated heterocycles. The van der Waals surface area contributed by atoms with Crippen molar-refractivity contribution in [1.82, 2.24) is 16.0 Å². The molecule has 0 aliphatic rings. The summed E-state index contributed by atoms with van der Waals surface area (Å²) < 4.78 is 5.79. The van der Waals surface area contributed by atoms with Gasteiger partial charge in [-0.3, -0.25) is 14.4 Å². The molecular formula is C31H43N3O6. The zero-order valence-corrected chi connectivity index (χ0v) is 24.1. The van der Waals surface area contributed by atoms with E-state index in [0.717, 1.165) is 11.1 Å². The quantitative estimate of drug-likeness (QED) is 0.268. The Morgan fingerprint density at radius 3 is 1.82 bits per heavy atom. The molecule has 0 fully saturated rings. The molecule has 0 spiro atoms. The van der Waals surface area contributed by atoms with Gasteiger partial charge in [0.1, 0.15) is 18.1 Å². The Bertz CT molecular complexity index is 1100. The van der Waals surface area contributed by atoms with Crippen molar-refractivity contribution in [2.45, 2.75) is 84.0 Å². The first-order chi connectivity index (χ1) is 18.8. The van der Waals surface area contributed by atoms with Gasteiger partial charge in [0.05, 0.1) is 12.2 Å². The number of carbonyl (C=O) groups is 4. The maximum absolute atomic E-state index is 13.5. The van der Waals surface area contributed by atoms with E-state index in [-0.39, 0.29) is 37.7 Å². The minimum absolute atomic E-state index is 0.0293. The van der Waals surface area contributed by atoms with Gasteiger partial charge in [0.25, 0.3) is 0 Å². The molecule has 2 aromatic rings. The van der Waals surface area contributed by atoms with Gasteiger partial charge < -0.3 is 25.8 Å². The van der Waals surface area contributed by atoms with Gasteiger partial charge in [0.15, 0.2) is 0 Å². The molecule has 2 rings (SSSR count). The zero-order valence-electron chi connectivity index (χ0n) is 24.1. The van der Waals surface area contributed by atoms with Crippen molar-refractivity contribution in [3.05, 3.63) is 71.8 Å². The topological polar surface area (TPSA) is 134 Å². The first kappa shape index (κ1) is 32.5. The Kier molecular flexibility index (Phi) is 12.8. The minimum Gasteiger partial charge on any atom is -0.480 e. The molecule has 3 amide bonds. The van der Waals surface area contributed by atoms with E-state index in [9.17, 15) is 24.3 Å². The van der Waals surface area contributed by atoms with E-state index in [0.29, 0.717) is 6.42 Å². The number of hydrogen-bond acceptors (Lipinski definition) is 5. The van der Waals surface area contributed by atoms with Gasteiger partial charge in [0.2, 0.25) is 17.7 Å². The predicted octanol–water partition coefficient (Wildman–Crippen LogP) is 3.26. The fourth-order valence-electron chi connectivity index (χ4n) is 3.98. The fourth-order valence-corrected chi connectivity index (χ4v) is 3.98. The van der Waals surface area contributed by atoms with Crippen molar-refractivity contribution in [2.75, 3.05) is 6.61 Å². The Labute approximate surface area is 237 Å². The van der Waals surface area contributed by atoms with Gasteiger partial charge in [-0.15, -0.1) is 0 Å². The molecular weight excluding hydrogens is 510 g/mol. The number of hydrogen-bond donors (Lipinski definition) is 4. The molecule has 0 bridgehead atoms. The van der Waals surface area contributed by atoms with Gasteiger partial charge in [-0.25, -0.2) is 4.79 Å². The lowest BCUT2D eigenvalue weighted by Gasteiger charge is -2.28. The summed E-state index contributed by atoms with van der Waals surface area (Å²) in [4.78, 5) is 51.3. The zero-order chi connectivity index (χ0) is 29.7. The fraction of sp³-hybridized carbons (Fsp3) is 0.484. The Morgan fingerprint density at radius 2 is 1.30 bits per heavy atom.